The molecule has 1 aliphatic rings. The highest BCUT2D eigenvalue weighted by Crippen LogP contribution is 2.27. The van der Waals surface area contributed by atoms with Crippen molar-refractivity contribution in [2.24, 2.45) is 0 Å². The number of nitrogens with zero attached hydrogens (tertiary/aromatic N) is 1. The number of ether oxygens (including phenoxy) is 2. The van der Waals surface area contributed by atoms with Crippen molar-refractivity contribution in [2.75, 3.05) is 27.3 Å². The van der Waals surface area contributed by atoms with Crippen LogP contribution in [0.25, 0.3) is 10.8 Å². The van der Waals surface area contributed by atoms with E-state index in [1.807, 2.05) is 24.3 Å². The number of fused-ring (bicyclic) bond motifs is 1. The third-order valence-electron chi connectivity index (χ3n) is 4.35. The normalized spacial score (nSPS) is 13.1. The van der Waals surface area contributed by atoms with Crippen LogP contribution in [0, 0.1) is 0 Å². The monoisotopic (exact) mass is 370 g/mol. The summed E-state index contributed by atoms with van der Waals surface area (Å²) in [4.78, 5) is 37.4. The molecule has 3 rings (SSSR count). The molecule has 0 saturated heterocycles. The van der Waals surface area contributed by atoms with Crippen LogP contribution < -0.4 is 10.1 Å². The van der Waals surface area contributed by atoms with E-state index in [0.717, 1.165) is 23.6 Å². The molecule has 0 heterocycles. The second-order valence-corrected chi connectivity index (χ2v) is 6.57. The van der Waals surface area contributed by atoms with Crippen molar-refractivity contribution in [3.8, 4) is 5.75 Å². The largest absolute Gasteiger partial charge is 0.483 e. The molecular weight excluding hydrogens is 348 g/mol. The zero-order chi connectivity index (χ0) is 19.4. The standard InChI is InChI=1S/C20H22N2O5/c1-22(11-18(23)21-15-7-8-15)19(24)12-27-17-10-14-6-4-3-5-13(14)9-16(17)20(25)26-2/h3-6,9-10,15H,7-8,11-12H2,1-2H3,(H,21,23). The predicted octanol–water partition coefficient (Wildman–Crippen LogP) is 1.74. The Labute approximate surface area is 157 Å². The first kappa shape index (κ1) is 18.7. The highest BCUT2D eigenvalue weighted by atomic mass is 16.5. The fourth-order valence-electron chi connectivity index (χ4n) is 2.66. The minimum absolute atomic E-state index is 0.0275. The van der Waals surface area contributed by atoms with Gasteiger partial charge in [-0.2, -0.15) is 0 Å². The molecule has 7 heteroatoms. The number of hydrogen-bond acceptors (Lipinski definition) is 5. The molecule has 2 aromatic carbocycles. The van der Waals surface area contributed by atoms with E-state index in [1.54, 1.807) is 19.2 Å². The van der Waals surface area contributed by atoms with E-state index in [9.17, 15) is 14.4 Å². The van der Waals surface area contributed by atoms with Gasteiger partial charge in [-0.15, -0.1) is 0 Å². The minimum Gasteiger partial charge on any atom is -0.483 e. The predicted molar refractivity (Wildman–Crippen MR) is 99.6 cm³/mol. The Balaban J connectivity index is 1.68. The number of amides is 2. The molecule has 2 aromatic rings. The van der Waals surface area contributed by atoms with Crippen molar-refractivity contribution >= 4 is 28.6 Å². The van der Waals surface area contributed by atoms with E-state index in [1.165, 1.54) is 12.0 Å². The van der Waals surface area contributed by atoms with Gasteiger partial charge in [0, 0.05) is 13.1 Å². The maximum Gasteiger partial charge on any atom is 0.341 e. The summed E-state index contributed by atoms with van der Waals surface area (Å²) in [7, 11) is 2.83. The summed E-state index contributed by atoms with van der Waals surface area (Å²) in [5.41, 5.74) is 0.248. The molecule has 0 spiro atoms. The molecule has 0 atom stereocenters. The minimum atomic E-state index is -0.541. The molecule has 0 aliphatic heterocycles. The lowest BCUT2D eigenvalue weighted by Crippen LogP contribution is -2.41. The van der Waals surface area contributed by atoms with Crippen molar-refractivity contribution in [1.82, 2.24) is 10.2 Å². The van der Waals surface area contributed by atoms with E-state index in [4.69, 9.17) is 9.47 Å². The molecule has 2 amide bonds. The first-order valence-corrected chi connectivity index (χ1v) is 8.75. The summed E-state index contributed by atoms with van der Waals surface area (Å²) in [6, 6.07) is 11.1. The molecule has 27 heavy (non-hydrogen) atoms. The number of likely N-dealkylation sites (N-methyl/N-ethyl adjacent to an activating group) is 1. The number of carbonyl (C=O) groups excluding carboxylic acids is 3. The second kappa shape index (κ2) is 8.07. The zero-order valence-electron chi connectivity index (χ0n) is 15.4. The molecule has 0 unspecified atom stereocenters. The van der Waals surface area contributed by atoms with E-state index in [0.29, 0.717) is 0 Å². The van der Waals surface area contributed by atoms with Crippen LogP contribution in [0.5, 0.6) is 5.75 Å². The van der Waals surface area contributed by atoms with Gasteiger partial charge in [-0.1, -0.05) is 24.3 Å². The van der Waals surface area contributed by atoms with Gasteiger partial charge in [-0.05, 0) is 35.7 Å². The Morgan fingerprint density at radius 2 is 1.81 bits per heavy atom. The zero-order valence-corrected chi connectivity index (χ0v) is 15.4. The van der Waals surface area contributed by atoms with Crippen LogP contribution in [0.3, 0.4) is 0 Å². The number of esters is 1. The second-order valence-electron chi connectivity index (χ2n) is 6.57. The molecule has 1 fully saturated rings. The van der Waals surface area contributed by atoms with Gasteiger partial charge in [-0.25, -0.2) is 4.79 Å². The Morgan fingerprint density at radius 1 is 1.15 bits per heavy atom. The van der Waals surface area contributed by atoms with E-state index >= 15 is 0 Å². The summed E-state index contributed by atoms with van der Waals surface area (Å²) in [6.07, 6.45) is 1.98. The van der Waals surface area contributed by atoms with Crippen molar-refractivity contribution < 1.29 is 23.9 Å². The lowest BCUT2D eigenvalue weighted by Gasteiger charge is -2.18. The molecule has 142 valence electrons. The van der Waals surface area contributed by atoms with Gasteiger partial charge >= 0.3 is 5.97 Å². The van der Waals surface area contributed by atoms with Crippen molar-refractivity contribution in [2.45, 2.75) is 18.9 Å². The van der Waals surface area contributed by atoms with Crippen LogP contribution in [0.4, 0.5) is 0 Å². The molecular formula is C20H22N2O5. The van der Waals surface area contributed by atoms with Gasteiger partial charge < -0.3 is 19.7 Å². The van der Waals surface area contributed by atoms with Crippen LogP contribution in [-0.2, 0) is 14.3 Å². The Bertz CT molecular complexity index is 876. The van der Waals surface area contributed by atoms with Crippen LogP contribution in [-0.4, -0.2) is 56.0 Å². The van der Waals surface area contributed by atoms with Gasteiger partial charge in [0.15, 0.2) is 6.61 Å². The van der Waals surface area contributed by atoms with Gasteiger partial charge in [0.25, 0.3) is 5.91 Å². The van der Waals surface area contributed by atoms with Crippen LogP contribution >= 0.6 is 0 Å². The fourth-order valence-corrected chi connectivity index (χ4v) is 2.66. The lowest BCUT2D eigenvalue weighted by molar-refractivity contribution is -0.136. The average Bonchev–Trinajstić information content (AvgIpc) is 3.48. The number of methoxy groups -OCH3 is 1. The van der Waals surface area contributed by atoms with E-state index in [-0.39, 0.29) is 42.3 Å². The Morgan fingerprint density at radius 3 is 2.44 bits per heavy atom. The van der Waals surface area contributed by atoms with Crippen LogP contribution in [0.1, 0.15) is 23.2 Å². The molecule has 7 nitrogen and oxygen atoms in total. The number of rotatable bonds is 7. The molecule has 0 aromatic heterocycles. The smallest absolute Gasteiger partial charge is 0.341 e. The SMILES string of the molecule is COC(=O)c1cc2ccccc2cc1OCC(=O)N(C)CC(=O)NC1CC1. The van der Waals surface area contributed by atoms with Crippen LogP contribution in [0.2, 0.25) is 0 Å². The van der Waals surface area contributed by atoms with E-state index in [2.05, 4.69) is 5.32 Å². The van der Waals surface area contributed by atoms with Gasteiger partial charge in [-0.3, -0.25) is 9.59 Å². The van der Waals surface area contributed by atoms with Gasteiger partial charge in [0.1, 0.15) is 11.3 Å². The first-order chi connectivity index (χ1) is 13.0. The third kappa shape index (κ3) is 4.75. The summed E-state index contributed by atoms with van der Waals surface area (Å²) in [5, 5.41) is 4.58. The molecule has 0 radical (unpaired) electrons. The Hall–Kier alpha value is -3.09. The summed E-state index contributed by atoms with van der Waals surface area (Å²) in [6.45, 7) is -0.310. The maximum absolute atomic E-state index is 12.3. The quantitative estimate of drug-likeness (QED) is 0.751. The van der Waals surface area contributed by atoms with Crippen LogP contribution in [0.15, 0.2) is 36.4 Å². The van der Waals surface area contributed by atoms with Gasteiger partial charge in [0.2, 0.25) is 5.91 Å². The van der Waals surface area contributed by atoms with Crippen molar-refractivity contribution in [3.05, 3.63) is 42.0 Å². The average molecular weight is 370 g/mol. The molecule has 1 saturated carbocycles. The molecule has 0 bridgehead atoms. The molecule has 1 N–H and O–H groups in total. The Kier molecular flexibility index (Phi) is 5.59. The molecule has 1 aliphatic carbocycles. The summed E-state index contributed by atoms with van der Waals surface area (Å²) in [5.74, 6) is -0.815. The number of nitrogens with one attached hydrogen (secondary N) is 1. The topological polar surface area (TPSA) is 84.9 Å². The highest BCUT2D eigenvalue weighted by molar-refractivity contribution is 5.98. The number of benzene rings is 2. The first-order valence-electron chi connectivity index (χ1n) is 8.75. The number of carbonyl (C=O) groups is 3. The fraction of sp³-hybridized carbons (Fsp3) is 0.350. The van der Waals surface area contributed by atoms with E-state index < -0.39 is 5.97 Å². The highest BCUT2D eigenvalue weighted by Gasteiger charge is 2.24. The van der Waals surface area contributed by atoms with Crippen molar-refractivity contribution in [1.29, 1.82) is 0 Å². The van der Waals surface area contributed by atoms with Crippen molar-refractivity contribution in [3.63, 3.8) is 0 Å². The maximum atomic E-state index is 12.3. The number of hydrogen-bond donors (Lipinski definition) is 1. The lowest BCUT2D eigenvalue weighted by atomic mass is 10.1. The summed E-state index contributed by atoms with van der Waals surface area (Å²) >= 11 is 0. The van der Waals surface area contributed by atoms with Gasteiger partial charge in [0.05, 0.1) is 13.7 Å². The third-order valence-corrected chi connectivity index (χ3v) is 4.35. The summed E-state index contributed by atoms with van der Waals surface area (Å²) < 4.78 is 10.4.